The molecule has 0 saturated heterocycles. The first-order valence-electron chi connectivity index (χ1n) is 9.14. The summed E-state index contributed by atoms with van der Waals surface area (Å²) in [6.07, 6.45) is 0. The summed E-state index contributed by atoms with van der Waals surface area (Å²) in [7, 11) is 1.88. The third-order valence-corrected chi connectivity index (χ3v) is 5.17. The first kappa shape index (κ1) is 18.2. The van der Waals surface area contributed by atoms with Crippen LogP contribution in [0.2, 0.25) is 0 Å². The SMILES string of the molecule is CC(c1cccc2ccccc12)N(C)C(=O)c1ccc(C(C)(C)C)cc1. The van der Waals surface area contributed by atoms with Gasteiger partial charge in [-0.1, -0.05) is 75.4 Å². The third kappa shape index (κ3) is 3.50. The lowest BCUT2D eigenvalue weighted by molar-refractivity contribution is 0.0743. The number of carbonyl (C=O) groups excluding carboxylic acids is 1. The van der Waals surface area contributed by atoms with E-state index in [1.165, 1.54) is 21.9 Å². The molecule has 0 spiro atoms. The molecule has 1 unspecified atom stereocenters. The second kappa shape index (κ2) is 6.95. The van der Waals surface area contributed by atoms with Gasteiger partial charge in [0.2, 0.25) is 0 Å². The summed E-state index contributed by atoms with van der Waals surface area (Å²) in [5.74, 6) is 0.0471. The van der Waals surface area contributed by atoms with Gasteiger partial charge in [-0.15, -0.1) is 0 Å². The Morgan fingerprint density at radius 3 is 2.15 bits per heavy atom. The van der Waals surface area contributed by atoms with Crippen LogP contribution in [0.25, 0.3) is 10.8 Å². The molecule has 0 radical (unpaired) electrons. The largest absolute Gasteiger partial charge is 0.335 e. The van der Waals surface area contributed by atoms with Gasteiger partial charge >= 0.3 is 0 Å². The van der Waals surface area contributed by atoms with Crippen LogP contribution in [0.5, 0.6) is 0 Å². The fourth-order valence-corrected chi connectivity index (χ4v) is 3.32. The molecule has 3 aromatic carbocycles. The molecule has 0 heterocycles. The predicted molar refractivity (Wildman–Crippen MR) is 110 cm³/mol. The summed E-state index contributed by atoms with van der Waals surface area (Å²) >= 11 is 0. The Hall–Kier alpha value is -2.61. The number of nitrogens with zero attached hydrogens (tertiary/aromatic N) is 1. The molecule has 134 valence electrons. The smallest absolute Gasteiger partial charge is 0.254 e. The molecule has 26 heavy (non-hydrogen) atoms. The Balaban J connectivity index is 1.88. The monoisotopic (exact) mass is 345 g/mol. The van der Waals surface area contributed by atoms with Gasteiger partial charge in [-0.2, -0.15) is 0 Å². The zero-order valence-corrected chi connectivity index (χ0v) is 16.3. The predicted octanol–water partition coefficient (Wildman–Crippen LogP) is 5.97. The fourth-order valence-electron chi connectivity index (χ4n) is 3.32. The van der Waals surface area contributed by atoms with Crippen molar-refractivity contribution in [3.8, 4) is 0 Å². The molecule has 1 atom stereocenters. The van der Waals surface area contributed by atoms with Gasteiger partial charge in [0.15, 0.2) is 0 Å². The quantitative estimate of drug-likeness (QED) is 0.572. The fraction of sp³-hybridized carbons (Fsp3) is 0.292. The molecule has 0 aromatic heterocycles. The van der Waals surface area contributed by atoms with Crippen molar-refractivity contribution in [3.63, 3.8) is 0 Å². The second-order valence-electron chi connectivity index (χ2n) is 7.99. The normalized spacial score (nSPS) is 12.8. The van der Waals surface area contributed by atoms with Gasteiger partial charge in [-0.25, -0.2) is 0 Å². The molecule has 0 bridgehead atoms. The average Bonchev–Trinajstić information content (AvgIpc) is 2.65. The maximum absolute atomic E-state index is 13.0. The maximum atomic E-state index is 13.0. The first-order chi connectivity index (χ1) is 12.3. The summed E-state index contributed by atoms with van der Waals surface area (Å²) in [6.45, 7) is 8.62. The molecule has 1 amide bonds. The van der Waals surface area contributed by atoms with Crippen LogP contribution in [0.15, 0.2) is 66.7 Å². The zero-order chi connectivity index (χ0) is 18.9. The molecule has 0 aliphatic rings. The zero-order valence-electron chi connectivity index (χ0n) is 16.3. The van der Waals surface area contributed by atoms with Crippen molar-refractivity contribution < 1.29 is 4.79 Å². The van der Waals surface area contributed by atoms with Gasteiger partial charge in [0.1, 0.15) is 0 Å². The molecule has 0 aliphatic carbocycles. The highest BCUT2D eigenvalue weighted by Crippen LogP contribution is 2.29. The van der Waals surface area contributed by atoms with Crippen molar-refractivity contribution in [2.24, 2.45) is 0 Å². The summed E-state index contributed by atoms with van der Waals surface area (Å²) < 4.78 is 0. The molecular formula is C24H27NO. The minimum absolute atomic E-state index is 0.00380. The van der Waals surface area contributed by atoms with Crippen LogP contribution in [-0.4, -0.2) is 17.9 Å². The van der Waals surface area contributed by atoms with Gasteiger partial charge in [0.25, 0.3) is 5.91 Å². The van der Waals surface area contributed by atoms with Gasteiger partial charge in [0, 0.05) is 12.6 Å². The molecule has 2 nitrogen and oxygen atoms in total. The lowest BCUT2D eigenvalue weighted by Gasteiger charge is -2.27. The van der Waals surface area contributed by atoms with Crippen LogP contribution in [0.3, 0.4) is 0 Å². The van der Waals surface area contributed by atoms with Gasteiger partial charge < -0.3 is 4.90 Å². The summed E-state index contributed by atoms with van der Waals surface area (Å²) in [6, 6.07) is 22.6. The Morgan fingerprint density at radius 1 is 0.885 bits per heavy atom. The van der Waals surface area contributed by atoms with Crippen molar-refractivity contribution in [3.05, 3.63) is 83.4 Å². The van der Waals surface area contributed by atoms with E-state index in [-0.39, 0.29) is 17.4 Å². The number of carbonyl (C=O) groups is 1. The van der Waals surface area contributed by atoms with Crippen LogP contribution >= 0.6 is 0 Å². The Labute approximate surface area is 156 Å². The minimum Gasteiger partial charge on any atom is -0.335 e. The van der Waals surface area contributed by atoms with E-state index < -0.39 is 0 Å². The Morgan fingerprint density at radius 2 is 1.50 bits per heavy atom. The van der Waals surface area contributed by atoms with Crippen LogP contribution in [0.1, 0.15) is 55.2 Å². The molecule has 0 saturated carbocycles. The summed E-state index contributed by atoms with van der Waals surface area (Å²) in [5.41, 5.74) is 3.22. The number of amides is 1. The lowest BCUT2D eigenvalue weighted by atomic mass is 9.86. The molecule has 3 rings (SSSR count). The van der Waals surface area contributed by atoms with E-state index >= 15 is 0 Å². The van der Waals surface area contributed by atoms with Crippen LogP contribution < -0.4 is 0 Å². The minimum atomic E-state index is -0.00380. The summed E-state index contributed by atoms with van der Waals surface area (Å²) in [5, 5.41) is 2.40. The molecular weight excluding hydrogens is 318 g/mol. The highest BCUT2D eigenvalue weighted by Gasteiger charge is 2.21. The number of hydrogen-bond acceptors (Lipinski definition) is 1. The highest BCUT2D eigenvalue weighted by molar-refractivity contribution is 5.95. The first-order valence-corrected chi connectivity index (χ1v) is 9.14. The van der Waals surface area contributed by atoms with E-state index in [1.54, 1.807) is 0 Å². The van der Waals surface area contributed by atoms with E-state index in [0.717, 1.165) is 5.56 Å². The second-order valence-corrected chi connectivity index (χ2v) is 7.99. The molecule has 0 N–H and O–H groups in total. The van der Waals surface area contributed by atoms with Crippen molar-refractivity contribution in [1.29, 1.82) is 0 Å². The Kier molecular flexibility index (Phi) is 4.86. The van der Waals surface area contributed by atoms with Gasteiger partial charge in [-0.05, 0) is 46.4 Å². The lowest BCUT2D eigenvalue weighted by Crippen LogP contribution is -2.29. The van der Waals surface area contributed by atoms with Crippen molar-refractivity contribution in [1.82, 2.24) is 4.90 Å². The summed E-state index contributed by atoms with van der Waals surface area (Å²) in [4.78, 5) is 14.8. The van der Waals surface area contributed by atoms with E-state index in [1.807, 2.05) is 36.2 Å². The Bertz CT molecular complexity index is 914. The van der Waals surface area contributed by atoms with Crippen molar-refractivity contribution in [2.75, 3.05) is 7.05 Å². The molecule has 0 fully saturated rings. The standard InChI is InChI=1S/C24H27NO/c1-17(21-12-8-10-18-9-6-7-11-22(18)21)25(5)23(26)19-13-15-20(16-14-19)24(2,3)4/h6-17H,1-5H3. The van der Waals surface area contributed by atoms with E-state index in [9.17, 15) is 4.79 Å². The number of rotatable bonds is 3. The number of fused-ring (bicyclic) bond motifs is 1. The number of hydrogen-bond donors (Lipinski definition) is 0. The third-order valence-electron chi connectivity index (χ3n) is 5.17. The highest BCUT2D eigenvalue weighted by atomic mass is 16.2. The molecule has 0 aliphatic heterocycles. The van der Waals surface area contributed by atoms with Crippen molar-refractivity contribution >= 4 is 16.7 Å². The van der Waals surface area contributed by atoms with Crippen molar-refractivity contribution in [2.45, 2.75) is 39.2 Å². The van der Waals surface area contributed by atoms with Gasteiger partial charge in [0.05, 0.1) is 6.04 Å². The van der Waals surface area contributed by atoms with E-state index in [4.69, 9.17) is 0 Å². The van der Waals surface area contributed by atoms with E-state index in [0.29, 0.717) is 0 Å². The maximum Gasteiger partial charge on any atom is 0.254 e. The average molecular weight is 345 g/mol. The molecule has 2 heteroatoms. The van der Waals surface area contributed by atoms with Crippen LogP contribution in [0, 0.1) is 0 Å². The van der Waals surface area contributed by atoms with Crippen LogP contribution in [-0.2, 0) is 5.41 Å². The van der Waals surface area contributed by atoms with E-state index in [2.05, 4.69) is 70.2 Å². The number of benzene rings is 3. The molecule has 3 aromatic rings. The van der Waals surface area contributed by atoms with Crippen LogP contribution in [0.4, 0.5) is 0 Å². The topological polar surface area (TPSA) is 20.3 Å². The van der Waals surface area contributed by atoms with Gasteiger partial charge in [-0.3, -0.25) is 4.79 Å².